The Bertz CT molecular complexity index is 659. The van der Waals surface area contributed by atoms with Crippen molar-refractivity contribution < 1.29 is 4.79 Å². The minimum Gasteiger partial charge on any atom is -0.371 e. The molecule has 0 bridgehead atoms. The van der Waals surface area contributed by atoms with Crippen LogP contribution in [0.2, 0.25) is 5.02 Å². The highest BCUT2D eigenvalue weighted by atomic mass is 35.5. The van der Waals surface area contributed by atoms with Crippen LogP contribution < -0.4 is 10.2 Å². The molecule has 6 heteroatoms. The fraction of sp³-hybridized carbons (Fsp3) is 0.444. The summed E-state index contributed by atoms with van der Waals surface area (Å²) < 4.78 is 1.99. The largest absolute Gasteiger partial charge is 0.371 e. The van der Waals surface area contributed by atoms with Crippen LogP contribution >= 0.6 is 11.6 Å². The third-order valence-corrected chi connectivity index (χ3v) is 4.66. The number of aromatic nitrogens is 2. The molecule has 2 heterocycles. The van der Waals surface area contributed by atoms with Gasteiger partial charge in [-0.05, 0) is 37.0 Å². The Morgan fingerprint density at radius 3 is 3.12 bits per heavy atom. The van der Waals surface area contributed by atoms with Crippen molar-refractivity contribution in [3.63, 3.8) is 0 Å². The number of hydrogen-bond donors (Lipinski definition) is 1. The molecule has 1 aliphatic rings. The van der Waals surface area contributed by atoms with Crippen molar-refractivity contribution >= 4 is 23.2 Å². The van der Waals surface area contributed by atoms with Gasteiger partial charge in [-0.3, -0.25) is 4.79 Å². The number of nitrogens with zero attached hydrogens (tertiary/aromatic N) is 3. The summed E-state index contributed by atoms with van der Waals surface area (Å²) in [5.41, 5.74) is 1.16. The Hall–Kier alpha value is -2.01. The molecule has 1 aliphatic heterocycles. The zero-order valence-corrected chi connectivity index (χ0v) is 14.5. The van der Waals surface area contributed by atoms with Crippen LogP contribution in [-0.2, 0) is 11.3 Å². The number of rotatable bonds is 7. The van der Waals surface area contributed by atoms with E-state index in [9.17, 15) is 4.79 Å². The molecule has 5 nitrogen and oxygen atoms in total. The van der Waals surface area contributed by atoms with Crippen LogP contribution in [0.3, 0.4) is 0 Å². The van der Waals surface area contributed by atoms with Crippen molar-refractivity contribution in [2.75, 3.05) is 24.5 Å². The molecular weight excluding hydrogens is 324 g/mol. The van der Waals surface area contributed by atoms with Crippen LogP contribution in [0.1, 0.15) is 19.3 Å². The van der Waals surface area contributed by atoms with Gasteiger partial charge in [-0.25, -0.2) is 4.98 Å². The minimum absolute atomic E-state index is 0.135. The highest BCUT2D eigenvalue weighted by Gasteiger charge is 2.23. The van der Waals surface area contributed by atoms with Gasteiger partial charge in [0.2, 0.25) is 5.91 Å². The van der Waals surface area contributed by atoms with Gasteiger partial charge in [0.15, 0.2) is 0 Å². The summed E-state index contributed by atoms with van der Waals surface area (Å²) in [5, 5.41) is 3.84. The van der Waals surface area contributed by atoms with Crippen LogP contribution in [0.5, 0.6) is 0 Å². The summed E-state index contributed by atoms with van der Waals surface area (Å²) in [4.78, 5) is 18.3. The Balaban J connectivity index is 1.36. The number of carbonyl (C=O) groups excluding carboxylic acids is 1. The second-order valence-corrected chi connectivity index (χ2v) is 6.73. The predicted octanol–water partition coefficient (Wildman–Crippen LogP) is 2.96. The van der Waals surface area contributed by atoms with Gasteiger partial charge in [-0.15, -0.1) is 0 Å². The van der Waals surface area contributed by atoms with Gasteiger partial charge in [0, 0.05) is 55.7 Å². The Morgan fingerprint density at radius 2 is 2.33 bits per heavy atom. The summed E-state index contributed by atoms with van der Waals surface area (Å²) in [5.74, 6) is 0.637. The summed E-state index contributed by atoms with van der Waals surface area (Å²) in [7, 11) is 0. The third-order valence-electron chi connectivity index (χ3n) is 4.43. The van der Waals surface area contributed by atoms with E-state index < -0.39 is 0 Å². The van der Waals surface area contributed by atoms with E-state index in [4.69, 9.17) is 11.6 Å². The summed E-state index contributed by atoms with van der Waals surface area (Å²) in [6.07, 6.45) is 7.94. The molecule has 0 aliphatic carbocycles. The van der Waals surface area contributed by atoms with E-state index in [0.717, 1.165) is 49.7 Å². The lowest BCUT2D eigenvalue weighted by Gasteiger charge is -2.19. The maximum atomic E-state index is 12.0. The van der Waals surface area contributed by atoms with Crippen LogP contribution in [0.25, 0.3) is 0 Å². The maximum Gasteiger partial charge on any atom is 0.220 e. The fourth-order valence-electron chi connectivity index (χ4n) is 3.09. The molecule has 1 unspecified atom stereocenters. The Labute approximate surface area is 147 Å². The number of nitrogens with one attached hydrogen (secondary N) is 1. The van der Waals surface area contributed by atoms with Gasteiger partial charge < -0.3 is 14.8 Å². The van der Waals surface area contributed by atoms with Gasteiger partial charge in [0.05, 0.1) is 6.33 Å². The lowest BCUT2D eigenvalue weighted by atomic mass is 10.1. The number of amides is 1. The lowest BCUT2D eigenvalue weighted by molar-refractivity contribution is -0.121. The van der Waals surface area contributed by atoms with Crippen molar-refractivity contribution in [2.45, 2.75) is 25.8 Å². The predicted molar refractivity (Wildman–Crippen MR) is 96.2 cm³/mol. The summed E-state index contributed by atoms with van der Waals surface area (Å²) in [6.45, 7) is 3.57. The second kappa shape index (κ2) is 8.20. The SMILES string of the molecule is O=C(CCCn1ccnc1)NCC1CCN(c2cccc(Cl)c2)C1. The molecule has 1 atom stereocenters. The van der Waals surface area contributed by atoms with Gasteiger partial charge >= 0.3 is 0 Å². The average molecular weight is 347 g/mol. The number of anilines is 1. The second-order valence-electron chi connectivity index (χ2n) is 6.29. The molecular formula is C18H23ClN4O. The number of carbonyl (C=O) groups is 1. The highest BCUT2D eigenvalue weighted by Crippen LogP contribution is 2.25. The highest BCUT2D eigenvalue weighted by molar-refractivity contribution is 6.30. The van der Waals surface area contributed by atoms with Gasteiger partial charge in [0.1, 0.15) is 0 Å². The minimum atomic E-state index is 0.135. The molecule has 2 aromatic rings. The Kier molecular flexibility index (Phi) is 5.75. The van der Waals surface area contributed by atoms with Crippen molar-refractivity contribution in [2.24, 2.45) is 5.92 Å². The van der Waals surface area contributed by atoms with E-state index >= 15 is 0 Å². The van der Waals surface area contributed by atoms with Gasteiger partial charge in [-0.2, -0.15) is 0 Å². The quantitative estimate of drug-likeness (QED) is 0.838. The van der Waals surface area contributed by atoms with E-state index in [-0.39, 0.29) is 5.91 Å². The van der Waals surface area contributed by atoms with Crippen molar-refractivity contribution in [3.8, 4) is 0 Å². The lowest BCUT2D eigenvalue weighted by Crippen LogP contribution is -2.31. The molecule has 0 spiro atoms. The molecule has 1 fully saturated rings. The molecule has 3 rings (SSSR count). The monoisotopic (exact) mass is 346 g/mol. The van der Waals surface area contributed by atoms with Crippen molar-refractivity contribution in [3.05, 3.63) is 48.0 Å². The third kappa shape index (κ3) is 4.74. The van der Waals surface area contributed by atoms with Crippen LogP contribution in [0.15, 0.2) is 43.0 Å². The molecule has 1 aromatic carbocycles. The van der Waals surface area contributed by atoms with E-state index in [1.165, 1.54) is 0 Å². The van der Waals surface area contributed by atoms with E-state index in [1.54, 1.807) is 12.5 Å². The number of imidazole rings is 1. The zero-order valence-electron chi connectivity index (χ0n) is 13.7. The van der Waals surface area contributed by atoms with Crippen LogP contribution in [0, 0.1) is 5.92 Å². The molecule has 1 amide bonds. The first-order chi connectivity index (χ1) is 11.7. The van der Waals surface area contributed by atoms with E-state index in [0.29, 0.717) is 12.3 Å². The first-order valence-corrected chi connectivity index (χ1v) is 8.81. The first-order valence-electron chi connectivity index (χ1n) is 8.43. The van der Waals surface area contributed by atoms with Gasteiger partial charge in [0.25, 0.3) is 0 Å². The molecule has 0 radical (unpaired) electrons. The normalized spacial score (nSPS) is 17.2. The van der Waals surface area contributed by atoms with Gasteiger partial charge in [-0.1, -0.05) is 17.7 Å². The smallest absolute Gasteiger partial charge is 0.220 e. The molecule has 1 saturated heterocycles. The number of aryl methyl sites for hydroxylation is 1. The molecule has 1 N–H and O–H groups in total. The molecule has 0 saturated carbocycles. The number of halogens is 1. The molecule has 128 valence electrons. The first kappa shape index (κ1) is 16.8. The topological polar surface area (TPSA) is 50.2 Å². The zero-order chi connectivity index (χ0) is 16.8. The van der Waals surface area contributed by atoms with E-state index in [1.807, 2.05) is 29.0 Å². The van der Waals surface area contributed by atoms with E-state index in [2.05, 4.69) is 21.3 Å². The van der Waals surface area contributed by atoms with Crippen molar-refractivity contribution in [1.29, 1.82) is 0 Å². The Morgan fingerprint density at radius 1 is 1.42 bits per heavy atom. The number of benzene rings is 1. The molecule has 24 heavy (non-hydrogen) atoms. The average Bonchev–Trinajstić information content (AvgIpc) is 3.25. The molecule has 1 aromatic heterocycles. The summed E-state index contributed by atoms with van der Waals surface area (Å²) >= 11 is 6.06. The van der Waals surface area contributed by atoms with Crippen molar-refractivity contribution in [1.82, 2.24) is 14.9 Å². The van der Waals surface area contributed by atoms with Crippen LogP contribution in [-0.4, -0.2) is 35.1 Å². The summed E-state index contributed by atoms with van der Waals surface area (Å²) in [6, 6.07) is 7.96. The van der Waals surface area contributed by atoms with Crippen LogP contribution in [0.4, 0.5) is 5.69 Å². The number of hydrogen-bond acceptors (Lipinski definition) is 3. The standard InChI is InChI=1S/C18H23ClN4O/c19-16-3-1-4-17(11-16)23-9-6-15(13-23)12-21-18(24)5-2-8-22-10-7-20-14-22/h1,3-4,7,10-11,14-15H,2,5-6,8-9,12-13H2,(H,21,24). The maximum absolute atomic E-state index is 12.0. The fourth-order valence-corrected chi connectivity index (χ4v) is 3.28.